The maximum absolute atomic E-state index is 3.57. The summed E-state index contributed by atoms with van der Waals surface area (Å²) in [6.07, 6.45) is 4.43. The molecule has 0 aliphatic rings. The highest BCUT2D eigenvalue weighted by atomic mass is 127. The van der Waals surface area contributed by atoms with E-state index in [9.17, 15) is 0 Å². The van der Waals surface area contributed by atoms with E-state index in [1.807, 2.05) is 0 Å². The second-order valence-electron chi connectivity index (χ2n) is 9.04. The summed E-state index contributed by atoms with van der Waals surface area (Å²) in [4.78, 5) is 2.37. The molecule has 0 spiro atoms. The lowest BCUT2D eigenvalue weighted by molar-refractivity contribution is -0.662. The van der Waals surface area contributed by atoms with Gasteiger partial charge in [-0.15, -0.1) is 0 Å². The van der Waals surface area contributed by atoms with Crippen LogP contribution in [-0.4, -0.2) is 13.1 Å². The number of pyridine rings is 1. The Kier molecular flexibility index (Phi) is 9.92. The van der Waals surface area contributed by atoms with Crippen molar-refractivity contribution in [2.45, 2.75) is 27.7 Å². The zero-order valence-corrected chi connectivity index (χ0v) is 25.5. The van der Waals surface area contributed by atoms with Crippen molar-refractivity contribution in [2.75, 3.05) is 18.0 Å². The number of hydrogen-bond acceptors (Lipinski definition) is 1. The lowest BCUT2D eigenvalue weighted by Crippen LogP contribution is -3.00. The highest BCUT2D eigenvalue weighted by Gasteiger charge is 2.18. The van der Waals surface area contributed by atoms with Crippen LogP contribution in [0.3, 0.4) is 0 Å². The molecular weight excluding hydrogens is 619 g/mol. The summed E-state index contributed by atoms with van der Waals surface area (Å²) >= 11 is 3.57. The molecule has 4 aromatic rings. The first kappa shape index (κ1) is 28.1. The van der Waals surface area contributed by atoms with Crippen LogP contribution in [-0.2, 0) is 7.05 Å². The van der Waals surface area contributed by atoms with Crippen molar-refractivity contribution in [3.63, 3.8) is 0 Å². The number of rotatable bonds is 7. The molecule has 0 saturated heterocycles. The topological polar surface area (TPSA) is 7.12 Å². The van der Waals surface area contributed by atoms with Gasteiger partial charge in [0, 0.05) is 47.0 Å². The average Bonchev–Trinajstić information content (AvgIpc) is 2.86. The molecule has 0 amide bonds. The Hall–Kier alpha value is -2.44. The van der Waals surface area contributed by atoms with Crippen LogP contribution >= 0.6 is 15.9 Å². The van der Waals surface area contributed by atoms with E-state index in [2.05, 4.69) is 151 Å². The molecule has 1 heterocycles. The monoisotopic (exact) mass is 652 g/mol. The van der Waals surface area contributed by atoms with Gasteiger partial charge in [0.25, 0.3) is 0 Å². The Morgan fingerprint density at radius 3 is 2.06 bits per heavy atom. The molecule has 0 fully saturated rings. The van der Waals surface area contributed by atoms with Gasteiger partial charge in [-0.25, -0.2) is 0 Å². The van der Waals surface area contributed by atoms with Gasteiger partial charge in [0.2, 0.25) is 11.4 Å². The minimum atomic E-state index is 0. The van der Waals surface area contributed by atoms with Crippen molar-refractivity contribution in [2.24, 2.45) is 7.05 Å². The Balaban J connectivity index is 0.00000361. The van der Waals surface area contributed by atoms with E-state index < -0.39 is 0 Å². The summed E-state index contributed by atoms with van der Waals surface area (Å²) < 4.78 is 3.38. The van der Waals surface area contributed by atoms with Crippen molar-refractivity contribution >= 4 is 33.8 Å². The molecule has 36 heavy (non-hydrogen) atoms. The summed E-state index contributed by atoms with van der Waals surface area (Å²) in [6.45, 7) is 10.8. The van der Waals surface area contributed by atoms with Crippen molar-refractivity contribution in [3.05, 3.63) is 106 Å². The molecule has 0 aliphatic heterocycles. The summed E-state index contributed by atoms with van der Waals surface area (Å²) in [5.41, 5.74) is 11.1. The number of aromatic nitrogens is 1. The van der Waals surface area contributed by atoms with Gasteiger partial charge in [0.1, 0.15) is 7.05 Å². The number of anilines is 1. The van der Waals surface area contributed by atoms with Gasteiger partial charge in [0.05, 0.1) is 0 Å². The van der Waals surface area contributed by atoms with Crippen LogP contribution in [0.4, 0.5) is 5.69 Å². The molecule has 2 nitrogen and oxygen atoms in total. The summed E-state index contributed by atoms with van der Waals surface area (Å²) in [5.74, 6) is 0. The maximum atomic E-state index is 3.57. The van der Waals surface area contributed by atoms with Crippen LogP contribution in [0.1, 0.15) is 36.2 Å². The summed E-state index contributed by atoms with van der Waals surface area (Å²) in [5, 5.41) is 0. The highest BCUT2D eigenvalue weighted by molar-refractivity contribution is 9.10. The van der Waals surface area contributed by atoms with Gasteiger partial charge in [0.15, 0.2) is 0 Å². The average molecular weight is 653 g/mol. The predicted molar refractivity (Wildman–Crippen MR) is 155 cm³/mol. The molecule has 0 bridgehead atoms. The second-order valence-corrected chi connectivity index (χ2v) is 9.95. The fourth-order valence-electron chi connectivity index (χ4n) is 4.58. The minimum Gasteiger partial charge on any atom is -1.00 e. The van der Waals surface area contributed by atoms with Crippen LogP contribution in [0.5, 0.6) is 0 Å². The smallest absolute Gasteiger partial charge is 0.213 e. The number of aryl methyl sites for hydroxylation is 2. The van der Waals surface area contributed by atoms with Crippen molar-refractivity contribution in [1.29, 1.82) is 0 Å². The van der Waals surface area contributed by atoms with Crippen molar-refractivity contribution in [1.82, 2.24) is 0 Å². The van der Waals surface area contributed by atoms with E-state index in [0.717, 1.165) is 23.3 Å². The van der Waals surface area contributed by atoms with E-state index in [4.69, 9.17) is 0 Å². The van der Waals surface area contributed by atoms with Crippen LogP contribution in [0, 0.1) is 13.8 Å². The molecule has 186 valence electrons. The maximum Gasteiger partial charge on any atom is 0.213 e. The normalized spacial score (nSPS) is 10.9. The Labute approximate surface area is 241 Å². The van der Waals surface area contributed by atoms with Gasteiger partial charge in [-0.2, -0.15) is 4.57 Å². The third kappa shape index (κ3) is 6.46. The third-order valence-corrected chi connectivity index (χ3v) is 7.18. The fraction of sp³-hybridized carbons (Fsp3) is 0.219. The molecule has 0 N–H and O–H groups in total. The molecule has 4 rings (SSSR count). The first-order valence-electron chi connectivity index (χ1n) is 12.3. The molecule has 3 aromatic carbocycles. The molecule has 0 radical (unpaired) electrons. The van der Waals surface area contributed by atoms with E-state index in [1.165, 1.54) is 44.8 Å². The quantitative estimate of drug-likeness (QED) is 0.196. The number of nitrogens with zero attached hydrogens (tertiary/aromatic N) is 2. The van der Waals surface area contributed by atoms with E-state index >= 15 is 0 Å². The molecule has 1 aromatic heterocycles. The van der Waals surface area contributed by atoms with Gasteiger partial charge in [-0.1, -0.05) is 57.9 Å². The molecule has 0 atom stereocenters. The SMILES string of the molecule is CCN(CC)c1ccc(C=Cc2cc(-c3ccc(Br)cc3)cc(-c3ccc(C)cc3C)[n+]2C)cc1.[I-]. The lowest BCUT2D eigenvalue weighted by Gasteiger charge is -2.20. The van der Waals surface area contributed by atoms with Crippen LogP contribution in [0.15, 0.2) is 83.3 Å². The molecule has 0 saturated carbocycles. The van der Waals surface area contributed by atoms with Gasteiger partial charge in [-0.3, -0.25) is 0 Å². The Bertz CT molecular complexity index is 1340. The standard InChI is InChI=1S/C32H34BrN2.HI/c1-6-35(7-2)29-16-9-25(10-17-29)11-18-30-21-27(26-12-14-28(33)15-13-26)22-32(34(30)5)31-19-8-23(3)20-24(31)4;/h8-22H,6-7H2,1-5H3;1H/q+1;/p-1. The lowest BCUT2D eigenvalue weighted by atomic mass is 9.98. The van der Waals surface area contributed by atoms with Crippen molar-refractivity contribution in [3.8, 4) is 22.4 Å². The predicted octanol–water partition coefficient (Wildman–Crippen LogP) is 5.25. The van der Waals surface area contributed by atoms with E-state index in [-0.39, 0.29) is 24.0 Å². The third-order valence-electron chi connectivity index (χ3n) is 6.65. The molecule has 0 unspecified atom stereocenters. The largest absolute Gasteiger partial charge is 1.00 e. The van der Waals surface area contributed by atoms with Crippen LogP contribution in [0.2, 0.25) is 0 Å². The molecule has 4 heteroatoms. The highest BCUT2D eigenvalue weighted by Crippen LogP contribution is 2.29. The zero-order valence-electron chi connectivity index (χ0n) is 21.7. The minimum absolute atomic E-state index is 0. The Morgan fingerprint density at radius 2 is 1.44 bits per heavy atom. The van der Waals surface area contributed by atoms with E-state index in [1.54, 1.807) is 0 Å². The van der Waals surface area contributed by atoms with Gasteiger partial charge >= 0.3 is 0 Å². The van der Waals surface area contributed by atoms with Gasteiger partial charge < -0.3 is 28.9 Å². The molecular formula is C32H34BrIN2. The Morgan fingerprint density at radius 1 is 0.778 bits per heavy atom. The van der Waals surface area contributed by atoms with Crippen molar-refractivity contribution < 1.29 is 28.5 Å². The van der Waals surface area contributed by atoms with E-state index in [0.29, 0.717) is 0 Å². The number of halogens is 2. The second kappa shape index (κ2) is 12.7. The zero-order chi connectivity index (χ0) is 24.9. The van der Waals surface area contributed by atoms with Crippen LogP contribution < -0.4 is 33.4 Å². The first-order valence-corrected chi connectivity index (χ1v) is 13.1. The summed E-state index contributed by atoms with van der Waals surface area (Å²) in [7, 11) is 2.16. The fourth-order valence-corrected chi connectivity index (χ4v) is 4.84. The van der Waals surface area contributed by atoms with Crippen LogP contribution in [0.25, 0.3) is 34.5 Å². The summed E-state index contributed by atoms with van der Waals surface area (Å²) in [6, 6.07) is 28.7. The number of benzene rings is 3. The first-order chi connectivity index (χ1) is 16.9. The molecule has 0 aliphatic carbocycles. The number of hydrogen-bond donors (Lipinski definition) is 0. The van der Waals surface area contributed by atoms with Gasteiger partial charge in [-0.05, 0) is 86.4 Å².